The lowest BCUT2D eigenvalue weighted by molar-refractivity contribution is -0.119. The van der Waals surface area contributed by atoms with E-state index in [0.717, 1.165) is 13.1 Å². The van der Waals surface area contributed by atoms with Crippen molar-refractivity contribution in [3.8, 4) is 0 Å². The minimum absolute atomic E-state index is 0.103. The average molecular weight is 217 g/mol. The van der Waals surface area contributed by atoms with E-state index < -0.39 is 0 Å². The first-order chi connectivity index (χ1) is 7.15. The van der Waals surface area contributed by atoms with E-state index in [1.807, 2.05) is 0 Å². The van der Waals surface area contributed by atoms with Crippen LogP contribution in [0.3, 0.4) is 0 Å². The molecule has 0 aromatic rings. The Hall–Kier alpha value is -0.120. The molecule has 0 bridgehead atoms. The molecular formula is C12H27NO2. The SMILES string of the molecule is CCCCCN(CC(OC)OC)C(C)C. The summed E-state index contributed by atoms with van der Waals surface area (Å²) < 4.78 is 10.4. The van der Waals surface area contributed by atoms with Crippen LogP contribution < -0.4 is 0 Å². The van der Waals surface area contributed by atoms with E-state index in [4.69, 9.17) is 9.47 Å². The van der Waals surface area contributed by atoms with E-state index in [1.165, 1.54) is 19.3 Å². The maximum absolute atomic E-state index is 5.22. The summed E-state index contributed by atoms with van der Waals surface area (Å²) >= 11 is 0. The fraction of sp³-hybridized carbons (Fsp3) is 1.00. The van der Waals surface area contributed by atoms with Gasteiger partial charge in [0.1, 0.15) is 0 Å². The van der Waals surface area contributed by atoms with Crippen molar-refractivity contribution >= 4 is 0 Å². The van der Waals surface area contributed by atoms with E-state index in [2.05, 4.69) is 25.7 Å². The zero-order valence-corrected chi connectivity index (χ0v) is 11.0. The zero-order chi connectivity index (χ0) is 11.7. The van der Waals surface area contributed by atoms with Crippen molar-refractivity contribution in [3.63, 3.8) is 0 Å². The Morgan fingerprint density at radius 2 is 1.67 bits per heavy atom. The summed E-state index contributed by atoms with van der Waals surface area (Å²) in [5.74, 6) is 0. The van der Waals surface area contributed by atoms with Gasteiger partial charge in [0.25, 0.3) is 0 Å². The molecule has 3 heteroatoms. The van der Waals surface area contributed by atoms with Gasteiger partial charge in [-0.15, -0.1) is 0 Å². The molecule has 0 aliphatic rings. The molecule has 0 fully saturated rings. The normalized spacial score (nSPS) is 12.0. The highest BCUT2D eigenvalue weighted by Crippen LogP contribution is 2.06. The Morgan fingerprint density at radius 3 is 2.07 bits per heavy atom. The zero-order valence-electron chi connectivity index (χ0n) is 11.0. The maximum Gasteiger partial charge on any atom is 0.169 e. The van der Waals surface area contributed by atoms with Crippen LogP contribution in [0.1, 0.15) is 40.0 Å². The lowest BCUT2D eigenvalue weighted by atomic mass is 10.2. The predicted octanol–water partition coefficient (Wildman–Crippen LogP) is 2.51. The fourth-order valence-electron chi connectivity index (χ4n) is 1.56. The Labute approximate surface area is 94.7 Å². The molecule has 0 unspecified atom stereocenters. The Kier molecular flexibility index (Phi) is 9.06. The molecular weight excluding hydrogens is 190 g/mol. The maximum atomic E-state index is 5.22. The van der Waals surface area contributed by atoms with Gasteiger partial charge in [0, 0.05) is 26.8 Å². The first kappa shape index (κ1) is 14.9. The first-order valence-corrected chi connectivity index (χ1v) is 5.95. The highest BCUT2D eigenvalue weighted by Gasteiger charge is 2.14. The van der Waals surface area contributed by atoms with E-state index in [9.17, 15) is 0 Å². The second-order valence-electron chi connectivity index (χ2n) is 4.20. The lowest BCUT2D eigenvalue weighted by Crippen LogP contribution is -2.39. The molecule has 0 saturated carbocycles. The van der Waals surface area contributed by atoms with Gasteiger partial charge in [-0.2, -0.15) is 0 Å². The van der Waals surface area contributed by atoms with Crippen molar-refractivity contribution in [1.29, 1.82) is 0 Å². The Morgan fingerprint density at radius 1 is 1.07 bits per heavy atom. The van der Waals surface area contributed by atoms with Crippen LogP contribution >= 0.6 is 0 Å². The first-order valence-electron chi connectivity index (χ1n) is 5.95. The van der Waals surface area contributed by atoms with Crippen LogP contribution in [0, 0.1) is 0 Å². The molecule has 0 amide bonds. The van der Waals surface area contributed by atoms with Crippen LogP contribution in [0.15, 0.2) is 0 Å². The van der Waals surface area contributed by atoms with Crippen LogP contribution in [-0.2, 0) is 9.47 Å². The van der Waals surface area contributed by atoms with Gasteiger partial charge in [0.05, 0.1) is 0 Å². The molecule has 92 valence electrons. The second kappa shape index (κ2) is 9.13. The number of ether oxygens (including phenoxy) is 2. The Balaban J connectivity index is 3.91. The summed E-state index contributed by atoms with van der Waals surface area (Å²) in [5.41, 5.74) is 0. The number of methoxy groups -OCH3 is 2. The molecule has 0 saturated heterocycles. The molecule has 0 aliphatic heterocycles. The monoisotopic (exact) mass is 217 g/mol. The van der Waals surface area contributed by atoms with Crippen LogP contribution in [0.25, 0.3) is 0 Å². The molecule has 0 heterocycles. The number of nitrogens with zero attached hydrogens (tertiary/aromatic N) is 1. The summed E-state index contributed by atoms with van der Waals surface area (Å²) in [6, 6.07) is 0.551. The van der Waals surface area contributed by atoms with Gasteiger partial charge < -0.3 is 9.47 Å². The van der Waals surface area contributed by atoms with E-state index in [0.29, 0.717) is 6.04 Å². The van der Waals surface area contributed by atoms with Crippen molar-refractivity contribution in [2.45, 2.75) is 52.4 Å². The fourth-order valence-corrected chi connectivity index (χ4v) is 1.56. The molecule has 0 rings (SSSR count). The van der Waals surface area contributed by atoms with Crippen molar-refractivity contribution in [2.75, 3.05) is 27.3 Å². The van der Waals surface area contributed by atoms with Crippen molar-refractivity contribution in [2.24, 2.45) is 0 Å². The van der Waals surface area contributed by atoms with Gasteiger partial charge in [0.2, 0.25) is 0 Å². The van der Waals surface area contributed by atoms with Crippen LogP contribution in [-0.4, -0.2) is 44.5 Å². The number of rotatable bonds is 9. The number of hydrogen-bond acceptors (Lipinski definition) is 3. The summed E-state index contributed by atoms with van der Waals surface area (Å²) in [4.78, 5) is 2.41. The molecule has 0 aromatic heterocycles. The molecule has 0 spiro atoms. The summed E-state index contributed by atoms with van der Waals surface area (Å²) in [7, 11) is 3.39. The highest BCUT2D eigenvalue weighted by molar-refractivity contribution is 4.64. The van der Waals surface area contributed by atoms with E-state index in [-0.39, 0.29) is 6.29 Å². The van der Waals surface area contributed by atoms with E-state index in [1.54, 1.807) is 14.2 Å². The third-order valence-electron chi connectivity index (χ3n) is 2.69. The molecule has 0 N–H and O–H groups in total. The largest absolute Gasteiger partial charge is 0.355 e. The average Bonchev–Trinajstić information content (AvgIpc) is 2.23. The van der Waals surface area contributed by atoms with Crippen molar-refractivity contribution in [3.05, 3.63) is 0 Å². The number of unbranched alkanes of at least 4 members (excludes halogenated alkanes) is 2. The molecule has 0 radical (unpaired) electrons. The van der Waals surface area contributed by atoms with Crippen LogP contribution in [0.2, 0.25) is 0 Å². The minimum atomic E-state index is -0.103. The molecule has 3 nitrogen and oxygen atoms in total. The van der Waals surface area contributed by atoms with Gasteiger partial charge in [-0.05, 0) is 26.8 Å². The molecule has 0 atom stereocenters. The second-order valence-corrected chi connectivity index (χ2v) is 4.20. The van der Waals surface area contributed by atoms with Crippen molar-refractivity contribution in [1.82, 2.24) is 4.90 Å². The third-order valence-corrected chi connectivity index (χ3v) is 2.69. The van der Waals surface area contributed by atoms with Crippen LogP contribution in [0.4, 0.5) is 0 Å². The van der Waals surface area contributed by atoms with Gasteiger partial charge in [-0.3, -0.25) is 4.90 Å². The van der Waals surface area contributed by atoms with Gasteiger partial charge >= 0.3 is 0 Å². The van der Waals surface area contributed by atoms with Crippen molar-refractivity contribution < 1.29 is 9.47 Å². The van der Waals surface area contributed by atoms with Crippen LogP contribution in [0.5, 0.6) is 0 Å². The summed E-state index contributed by atoms with van der Waals surface area (Å²) in [6.07, 6.45) is 3.72. The smallest absolute Gasteiger partial charge is 0.169 e. The number of hydrogen-bond donors (Lipinski definition) is 0. The summed E-state index contributed by atoms with van der Waals surface area (Å²) in [5, 5.41) is 0. The quantitative estimate of drug-likeness (QED) is 0.437. The topological polar surface area (TPSA) is 21.7 Å². The van der Waals surface area contributed by atoms with Gasteiger partial charge in [0.15, 0.2) is 6.29 Å². The standard InChI is InChI=1S/C12H27NO2/c1-6-7-8-9-13(11(2)3)10-12(14-4)15-5/h11-12H,6-10H2,1-5H3. The minimum Gasteiger partial charge on any atom is -0.355 e. The molecule has 15 heavy (non-hydrogen) atoms. The Bertz CT molecular complexity index is 136. The third kappa shape index (κ3) is 6.88. The van der Waals surface area contributed by atoms with Gasteiger partial charge in [-0.25, -0.2) is 0 Å². The summed E-state index contributed by atoms with van der Waals surface area (Å²) in [6.45, 7) is 8.65. The molecule has 0 aliphatic carbocycles. The molecule has 0 aromatic carbocycles. The lowest BCUT2D eigenvalue weighted by Gasteiger charge is -2.29. The van der Waals surface area contributed by atoms with E-state index >= 15 is 0 Å². The highest BCUT2D eigenvalue weighted by atomic mass is 16.7. The van der Waals surface area contributed by atoms with Gasteiger partial charge in [-0.1, -0.05) is 19.8 Å². The predicted molar refractivity (Wildman–Crippen MR) is 64.0 cm³/mol.